The van der Waals surface area contributed by atoms with Gasteiger partial charge in [0.05, 0.1) is 7.11 Å². The fourth-order valence-electron chi connectivity index (χ4n) is 2.50. The fourth-order valence-corrected chi connectivity index (χ4v) is 2.50. The molecule has 0 saturated carbocycles. The molecule has 0 amide bonds. The van der Waals surface area contributed by atoms with Crippen LogP contribution >= 0.6 is 0 Å². The van der Waals surface area contributed by atoms with Gasteiger partial charge in [-0.15, -0.1) is 0 Å². The molecule has 1 heterocycles. The summed E-state index contributed by atoms with van der Waals surface area (Å²) in [5.41, 5.74) is 2.37. The zero-order valence-electron chi connectivity index (χ0n) is 12.0. The average Bonchev–Trinajstić information content (AvgIpc) is 2.55. The SMILES string of the molecule is COc1ccccc1CNCc1cncc2ccccc12. The molecule has 0 unspecified atom stereocenters. The van der Waals surface area contributed by atoms with Crippen LogP contribution in [0.3, 0.4) is 0 Å². The third-order valence-electron chi connectivity index (χ3n) is 3.57. The van der Waals surface area contributed by atoms with E-state index in [1.807, 2.05) is 36.7 Å². The monoisotopic (exact) mass is 278 g/mol. The molecule has 0 aliphatic rings. The number of ether oxygens (including phenoxy) is 1. The minimum atomic E-state index is 0.771. The van der Waals surface area contributed by atoms with Crippen LogP contribution in [0.2, 0.25) is 0 Å². The van der Waals surface area contributed by atoms with Gasteiger partial charge in [-0.3, -0.25) is 4.98 Å². The second-order valence-corrected chi connectivity index (χ2v) is 4.94. The minimum Gasteiger partial charge on any atom is -0.496 e. The van der Waals surface area contributed by atoms with E-state index in [1.165, 1.54) is 16.3 Å². The third-order valence-corrected chi connectivity index (χ3v) is 3.57. The van der Waals surface area contributed by atoms with Crippen molar-refractivity contribution in [2.75, 3.05) is 7.11 Å². The number of pyridine rings is 1. The van der Waals surface area contributed by atoms with E-state index in [0.29, 0.717) is 0 Å². The van der Waals surface area contributed by atoms with Gasteiger partial charge in [0.1, 0.15) is 5.75 Å². The van der Waals surface area contributed by atoms with Crippen molar-refractivity contribution >= 4 is 10.8 Å². The van der Waals surface area contributed by atoms with Gasteiger partial charge in [-0.05, 0) is 17.0 Å². The average molecular weight is 278 g/mol. The molecule has 0 aliphatic heterocycles. The Morgan fingerprint density at radius 3 is 2.57 bits per heavy atom. The van der Waals surface area contributed by atoms with Crippen LogP contribution in [0.5, 0.6) is 5.75 Å². The van der Waals surface area contributed by atoms with Crippen LogP contribution in [0.25, 0.3) is 10.8 Å². The molecule has 0 atom stereocenters. The van der Waals surface area contributed by atoms with Crippen molar-refractivity contribution in [1.82, 2.24) is 10.3 Å². The topological polar surface area (TPSA) is 34.1 Å². The summed E-state index contributed by atoms with van der Waals surface area (Å²) in [6.07, 6.45) is 3.83. The van der Waals surface area contributed by atoms with Crippen LogP contribution in [0.1, 0.15) is 11.1 Å². The first-order valence-corrected chi connectivity index (χ1v) is 7.03. The second kappa shape index (κ2) is 6.37. The molecule has 3 nitrogen and oxygen atoms in total. The summed E-state index contributed by atoms with van der Waals surface area (Å²) in [6.45, 7) is 1.56. The van der Waals surface area contributed by atoms with E-state index in [2.05, 4.69) is 34.6 Å². The lowest BCUT2D eigenvalue weighted by Crippen LogP contribution is -2.13. The summed E-state index contributed by atoms with van der Waals surface area (Å²) in [4.78, 5) is 4.31. The Balaban J connectivity index is 1.72. The number of nitrogens with one attached hydrogen (secondary N) is 1. The standard InChI is InChI=1S/C18H18N2O/c1-21-18-9-5-3-7-15(18)11-20-13-16-12-19-10-14-6-2-4-8-17(14)16/h2-10,12,20H,11,13H2,1H3. The van der Waals surface area contributed by atoms with E-state index in [1.54, 1.807) is 7.11 Å². The maximum absolute atomic E-state index is 5.37. The van der Waals surface area contributed by atoms with Gasteiger partial charge in [0.2, 0.25) is 0 Å². The smallest absolute Gasteiger partial charge is 0.123 e. The van der Waals surface area contributed by atoms with E-state index in [9.17, 15) is 0 Å². The zero-order chi connectivity index (χ0) is 14.5. The molecular formula is C18H18N2O. The van der Waals surface area contributed by atoms with E-state index in [-0.39, 0.29) is 0 Å². The Bertz CT molecular complexity index is 735. The Morgan fingerprint density at radius 2 is 1.67 bits per heavy atom. The molecule has 2 aromatic carbocycles. The van der Waals surface area contributed by atoms with Crippen molar-refractivity contribution in [3.63, 3.8) is 0 Å². The van der Waals surface area contributed by atoms with Gasteiger partial charge in [0.15, 0.2) is 0 Å². The summed E-state index contributed by atoms with van der Waals surface area (Å²) in [6, 6.07) is 16.4. The fraction of sp³-hybridized carbons (Fsp3) is 0.167. The third kappa shape index (κ3) is 3.03. The lowest BCUT2D eigenvalue weighted by Gasteiger charge is -2.10. The lowest BCUT2D eigenvalue weighted by atomic mass is 10.1. The van der Waals surface area contributed by atoms with Gasteiger partial charge in [0, 0.05) is 36.4 Å². The number of hydrogen-bond donors (Lipinski definition) is 1. The predicted molar refractivity (Wildman–Crippen MR) is 85.3 cm³/mol. The van der Waals surface area contributed by atoms with Crippen LogP contribution in [0, 0.1) is 0 Å². The Morgan fingerprint density at radius 1 is 0.905 bits per heavy atom. The van der Waals surface area contributed by atoms with Crippen LogP contribution in [-0.2, 0) is 13.1 Å². The molecule has 1 N–H and O–H groups in total. The largest absolute Gasteiger partial charge is 0.496 e. The van der Waals surface area contributed by atoms with Gasteiger partial charge >= 0.3 is 0 Å². The molecule has 0 bridgehead atoms. The van der Waals surface area contributed by atoms with E-state index in [4.69, 9.17) is 4.74 Å². The van der Waals surface area contributed by atoms with Crippen LogP contribution in [0.4, 0.5) is 0 Å². The molecule has 0 fully saturated rings. The highest BCUT2D eigenvalue weighted by Crippen LogP contribution is 2.19. The zero-order valence-corrected chi connectivity index (χ0v) is 12.0. The summed E-state index contributed by atoms with van der Waals surface area (Å²) in [5.74, 6) is 0.918. The van der Waals surface area contributed by atoms with Crippen LogP contribution in [0.15, 0.2) is 60.9 Å². The number of benzene rings is 2. The first kappa shape index (κ1) is 13.6. The summed E-state index contributed by atoms with van der Waals surface area (Å²) in [5, 5.41) is 5.89. The van der Waals surface area contributed by atoms with Crippen molar-refractivity contribution < 1.29 is 4.74 Å². The Hall–Kier alpha value is -2.39. The predicted octanol–water partition coefficient (Wildman–Crippen LogP) is 3.53. The molecule has 0 radical (unpaired) electrons. The molecule has 0 aliphatic carbocycles. The molecule has 3 rings (SSSR count). The molecule has 1 aromatic heterocycles. The van der Waals surface area contributed by atoms with Crippen molar-refractivity contribution in [3.05, 3.63) is 72.1 Å². The number of nitrogens with zero attached hydrogens (tertiary/aromatic N) is 1. The van der Waals surface area contributed by atoms with E-state index >= 15 is 0 Å². The summed E-state index contributed by atoms with van der Waals surface area (Å²) in [7, 11) is 1.70. The summed E-state index contributed by atoms with van der Waals surface area (Å²) >= 11 is 0. The highest BCUT2D eigenvalue weighted by Gasteiger charge is 2.03. The van der Waals surface area contributed by atoms with E-state index in [0.717, 1.165) is 24.4 Å². The number of fused-ring (bicyclic) bond motifs is 1. The lowest BCUT2D eigenvalue weighted by molar-refractivity contribution is 0.407. The van der Waals surface area contributed by atoms with Gasteiger partial charge < -0.3 is 10.1 Å². The Labute approximate surface area is 124 Å². The molecular weight excluding hydrogens is 260 g/mol. The quantitative estimate of drug-likeness (QED) is 0.775. The molecule has 0 spiro atoms. The number of methoxy groups -OCH3 is 1. The van der Waals surface area contributed by atoms with Crippen LogP contribution in [-0.4, -0.2) is 12.1 Å². The first-order valence-electron chi connectivity index (χ1n) is 7.03. The molecule has 21 heavy (non-hydrogen) atoms. The van der Waals surface area contributed by atoms with Crippen molar-refractivity contribution in [2.24, 2.45) is 0 Å². The number of para-hydroxylation sites is 1. The maximum atomic E-state index is 5.37. The minimum absolute atomic E-state index is 0.771. The molecule has 3 aromatic rings. The van der Waals surface area contributed by atoms with E-state index < -0.39 is 0 Å². The highest BCUT2D eigenvalue weighted by molar-refractivity contribution is 5.84. The number of rotatable bonds is 5. The summed E-state index contributed by atoms with van der Waals surface area (Å²) < 4.78 is 5.37. The number of aromatic nitrogens is 1. The van der Waals surface area contributed by atoms with Crippen LogP contribution < -0.4 is 10.1 Å². The van der Waals surface area contributed by atoms with Gasteiger partial charge in [-0.25, -0.2) is 0 Å². The van der Waals surface area contributed by atoms with Crippen molar-refractivity contribution in [2.45, 2.75) is 13.1 Å². The molecule has 0 saturated heterocycles. The Kier molecular flexibility index (Phi) is 4.12. The maximum Gasteiger partial charge on any atom is 0.123 e. The van der Waals surface area contributed by atoms with Gasteiger partial charge in [-0.1, -0.05) is 42.5 Å². The first-order chi connectivity index (χ1) is 10.4. The van der Waals surface area contributed by atoms with Gasteiger partial charge in [-0.2, -0.15) is 0 Å². The molecule has 106 valence electrons. The normalized spacial score (nSPS) is 10.7. The van der Waals surface area contributed by atoms with Crippen molar-refractivity contribution in [1.29, 1.82) is 0 Å². The number of hydrogen-bond acceptors (Lipinski definition) is 3. The highest BCUT2D eigenvalue weighted by atomic mass is 16.5. The second-order valence-electron chi connectivity index (χ2n) is 4.94. The van der Waals surface area contributed by atoms with Gasteiger partial charge in [0.25, 0.3) is 0 Å². The van der Waals surface area contributed by atoms with Crippen molar-refractivity contribution in [3.8, 4) is 5.75 Å². The molecule has 3 heteroatoms.